The monoisotopic (exact) mass is 562 g/mol. The van der Waals surface area contributed by atoms with Gasteiger partial charge in [0.25, 0.3) is 5.91 Å². The van der Waals surface area contributed by atoms with Crippen LogP contribution in [0.3, 0.4) is 0 Å². The van der Waals surface area contributed by atoms with Gasteiger partial charge in [-0.25, -0.2) is 4.39 Å². The minimum Gasteiger partial charge on any atom is -0.480 e. The van der Waals surface area contributed by atoms with Gasteiger partial charge in [-0.15, -0.1) is 0 Å². The van der Waals surface area contributed by atoms with Crippen LogP contribution in [0, 0.1) is 11.7 Å². The van der Waals surface area contributed by atoms with Crippen LogP contribution in [0.2, 0.25) is 0 Å². The number of ether oxygens (including phenoxy) is 1. The van der Waals surface area contributed by atoms with Crippen LogP contribution in [0.25, 0.3) is 0 Å². The van der Waals surface area contributed by atoms with Gasteiger partial charge in [0.05, 0.1) is 14.6 Å². The van der Waals surface area contributed by atoms with E-state index in [-0.39, 0.29) is 16.9 Å². The third-order valence-electron chi connectivity index (χ3n) is 4.43. The fourth-order valence-corrected chi connectivity index (χ4v) is 4.30. The zero-order valence-corrected chi connectivity index (χ0v) is 19.5. The Hall–Kier alpha value is -1.84. The maximum atomic E-state index is 14.9. The number of carbonyl (C=O) groups is 2. The number of halogens is 4. The third kappa shape index (κ3) is 5.86. The average Bonchev–Trinajstić information content (AvgIpc) is 3.52. The molecule has 160 valence electrons. The van der Waals surface area contributed by atoms with Crippen molar-refractivity contribution in [1.29, 1.82) is 0 Å². The zero-order valence-electron chi connectivity index (χ0n) is 15.6. The molecule has 1 aliphatic carbocycles. The molecule has 6 nitrogen and oxygen atoms in total. The van der Waals surface area contributed by atoms with E-state index < -0.39 is 29.8 Å². The molecule has 2 aromatic carbocycles. The molecule has 3 rings (SSSR count). The first-order valence-corrected chi connectivity index (χ1v) is 11.1. The predicted octanol–water partition coefficient (Wildman–Crippen LogP) is 5.30. The van der Waals surface area contributed by atoms with Gasteiger partial charge in [-0.2, -0.15) is 0 Å². The highest BCUT2D eigenvalue weighted by Crippen LogP contribution is 2.39. The number of alkyl halides is 1. The Bertz CT molecular complexity index is 949. The number of carboxylic acids is 1. The van der Waals surface area contributed by atoms with Crippen LogP contribution >= 0.6 is 43.5 Å². The molecule has 1 fully saturated rings. The molecule has 0 spiro atoms. The molecular formula is C20H18Br2ClFN2O4. The number of amides is 1. The molecular weight excluding hydrogens is 546 g/mol. The first-order chi connectivity index (χ1) is 14.3. The summed E-state index contributed by atoms with van der Waals surface area (Å²) in [6.45, 7) is 0.219. The van der Waals surface area contributed by atoms with Crippen molar-refractivity contribution < 1.29 is 23.8 Å². The summed E-state index contributed by atoms with van der Waals surface area (Å²) < 4.78 is 21.4. The van der Waals surface area contributed by atoms with Gasteiger partial charge in [0.15, 0.2) is 5.82 Å². The van der Waals surface area contributed by atoms with Crippen molar-refractivity contribution in [3.63, 3.8) is 0 Å². The van der Waals surface area contributed by atoms with Crippen molar-refractivity contribution >= 4 is 61.0 Å². The number of rotatable bonds is 9. The molecule has 1 atom stereocenters. The Morgan fingerprint density at radius 1 is 1.27 bits per heavy atom. The summed E-state index contributed by atoms with van der Waals surface area (Å²) >= 11 is 13.0. The van der Waals surface area contributed by atoms with E-state index in [1.165, 1.54) is 12.1 Å². The molecule has 0 aliphatic heterocycles. The Kier molecular flexibility index (Phi) is 7.60. The van der Waals surface area contributed by atoms with Gasteiger partial charge in [0.2, 0.25) is 5.56 Å². The van der Waals surface area contributed by atoms with Crippen molar-refractivity contribution in [3.8, 4) is 5.75 Å². The minimum absolute atomic E-state index is 0.180. The molecule has 30 heavy (non-hydrogen) atoms. The van der Waals surface area contributed by atoms with Crippen LogP contribution in [0.5, 0.6) is 5.75 Å². The number of anilines is 1. The van der Waals surface area contributed by atoms with Gasteiger partial charge < -0.3 is 20.5 Å². The van der Waals surface area contributed by atoms with Crippen molar-refractivity contribution in [2.45, 2.75) is 18.4 Å². The summed E-state index contributed by atoms with van der Waals surface area (Å²) in [6.07, 6.45) is 2.31. The fraction of sp³-hybridized carbons (Fsp3) is 0.300. The van der Waals surface area contributed by atoms with Crippen molar-refractivity contribution in [1.82, 2.24) is 5.32 Å². The Balaban J connectivity index is 1.74. The molecule has 3 N–H and O–H groups in total. The largest absolute Gasteiger partial charge is 0.480 e. The fourth-order valence-electron chi connectivity index (χ4n) is 2.67. The second-order valence-corrected chi connectivity index (χ2v) is 8.92. The lowest BCUT2D eigenvalue weighted by atomic mass is 10.1. The number of hydrogen-bond acceptors (Lipinski definition) is 4. The van der Waals surface area contributed by atoms with Gasteiger partial charge >= 0.3 is 5.97 Å². The molecule has 1 aliphatic rings. The smallest absolute Gasteiger partial charge is 0.322 e. The molecule has 0 bridgehead atoms. The standard InChI is InChI=1S/C20H18Br2ClFN2O4/c21-13-6-11(20(29)26-9-16(27)28)7-14(22)18(13)30-19(23)12-2-1-3-15(17(12)24)25-8-10-4-5-10/h1-3,6-7,10,19,25H,4-5,8-9H2,(H,26,29)(H,27,28)/t19-/m1/s1. The highest BCUT2D eigenvalue weighted by molar-refractivity contribution is 9.11. The summed E-state index contributed by atoms with van der Waals surface area (Å²) in [5, 5.41) is 14.0. The van der Waals surface area contributed by atoms with Crippen molar-refractivity contribution in [2.24, 2.45) is 5.92 Å². The molecule has 0 unspecified atom stereocenters. The Morgan fingerprint density at radius 2 is 1.93 bits per heavy atom. The molecule has 2 aromatic rings. The first kappa shape index (κ1) is 22.8. The normalized spacial score (nSPS) is 14.1. The highest BCUT2D eigenvalue weighted by atomic mass is 79.9. The summed E-state index contributed by atoms with van der Waals surface area (Å²) in [5.74, 6) is -1.32. The molecule has 0 radical (unpaired) electrons. The molecule has 10 heteroatoms. The lowest BCUT2D eigenvalue weighted by Gasteiger charge is -2.18. The van der Waals surface area contributed by atoms with Crippen LogP contribution in [-0.2, 0) is 4.79 Å². The van der Waals surface area contributed by atoms with E-state index in [2.05, 4.69) is 42.5 Å². The molecule has 1 amide bonds. The molecule has 1 saturated carbocycles. The molecule has 0 aromatic heterocycles. The number of hydrogen-bond donors (Lipinski definition) is 3. The SMILES string of the molecule is O=C(O)CNC(=O)c1cc(Br)c(O[C@@H](Cl)c2cccc(NCC3CC3)c2F)c(Br)c1. The van der Waals surface area contributed by atoms with E-state index in [1.807, 2.05) is 0 Å². The lowest BCUT2D eigenvalue weighted by molar-refractivity contribution is -0.135. The second-order valence-electron chi connectivity index (χ2n) is 6.81. The van der Waals surface area contributed by atoms with E-state index in [9.17, 15) is 14.0 Å². The van der Waals surface area contributed by atoms with E-state index in [1.54, 1.807) is 18.2 Å². The average molecular weight is 565 g/mol. The van der Waals surface area contributed by atoms with Crippen LogP contribution in [0.4, 0.5) is 10.1 Å². The number of nitrogens with one attached hydrogen (secondary N) is 2. The number of carboxylic acid groups (broad SMARTS) is 1. The minimum atomic E-state index is -1.15. The van der Waals surface area contributed by atoms with Crippen LogP contribution in [-0.4, -0.2) is 30.1 Å². The summed E-state index contributed by atoms with van der Waals surface area (Å²) in [4.78, 5) is 22.7. The number of aliphatic carboxylic acids is 1. The summed E-state index contributed by atoms with van der Waals surface area (Å²) in [5.41, 5.74) is -0.352. The highest BCUT2D eigenvalue weighted by Gasteiger charge is 2.24. The zero-order chi connectivity index (χ0) is 21.8. The predicted molar refractivity (Wildman–Crippen MR) is 119 cm³/mol. The van der Waals surface area contributed by atoms with Crippen LogP contribution in [0.15, 0.2) is 39.3 Å². The third-order valence-corrected chi connectivity index (χ3v) is 5.94. The van der Waals surface area contributed by atoms with Crippen molar-refractivity contribution in [3.05, 3.63) is 56.2 Å². The lowest BCUT2D eigenvalue weighted by Crippen LogP contribution is -2.29. The summed E-state index contributed by atoms with van der Waals surface area (Å²) in [7, 11) is 0. The quantitative estimate of drug-likeness (QED) is 0.360. The van der Waals surface area contributed by atoms with E-state index >= 15 is 0 Å². The molecule has 0 saturated heterocycles. The van der Waals surface area contributed by atoms with E-state index in [0.717, 1.165) is 19.4 Å². The second kappa shape index (κ2) is 9.98. The topological polar surface area (TPSA) is 87.7 Å². The van der Waals surface area contributed by atoms with Crippen LogP contribution in [0.1, 0.15) is 34.3 Å². The van der Waals surface area contributed by atoms with Crippen molar-refractivity contribution in [2.75, 3.05) is 18.4 Å². The molecule has 0 heterocycles. The maximum absolute atomic E-state index is 14.9. The van der Waals surface area contributed by atoms with Gasteiger partial charge in [0.1, 0.15) is 12.3 Å². The number of benzene rings is 2. The van der Waals surface area contributed by atoms with E-state index in [4.69, 9.17) is 21.4 Å². The number of carbonyl (C=O) groups excluding carboxylic acids is 1. The van der Waals surface area contributed by atoms with Gasteiger partial charge in [-0.05, 0) is 68.8 Å². The van der Waals surface area contributed by atoms with Crippen LogP contribution < -0.4 is 15.4 Å². The van der Waals surface area contributed by atoms with E-state index in [0.29, 0.717) is 20.6 Å². The van der Waals surface area contributed by atoms with Gasteiger partial charge in [-0.3, -0.25) is 9.59 Å². The first-order valence-electron chi connectivity index (χ1n) is 9.08. The van der Waals surface area contributed by atoms with Gasteiger partial charge in [-0.1, -0.05) is 23.7 Å². The summed E-state index contributed by atoms with van der Waals surface area (Å²) in [6, 6.07) is 7.83. The van der Waals surface area contributed by atoms with Gasteiger partial charge in [0, 0.05) is 17.7 Å². The maximum Gasteiger partial charge on any atom is 0.322 e. The Morgan fingerprint density at radius 3 is 2.53 bits per heavy atom. The Labute approximate surface area is 194 Å².